The molecule has 1 aromatic heterocycles. The highest BCUT2D eigenvalue weighted by atomic mass is 16.6. The highest BCUT2D eigenvalue weighted by Gasteiger charge is 2.14. The number of carbonyl (C=O) groups is 1. The molecule has 1 heterocycles. The van der Waals surface area contributed by atoms with Gasteiger partial charge in [-0.05, 0) is 18.2 Å². The van der Waals surface area contributed by atoms with Crippen molar-refractivity contribution in [3.05, 3.63) is 58.3 Å². The van der Waals surface area contributed by atoms with E-state index in [1.54, 1.807) is 18.2 Å². The van der Waals surface area contributed by atoms with Crippen LogP contribution in [0.2, 0.25) is 0 Å². The average Bonchev–Trinajstić information content (AvgIpc) is 2.47. The van der Waals surface area contributed by atoms with Crippen LogP contribution in [0.1, 0.15) is 10.4 Å². The molecule has 102 valence electrons. The molecule has 0 aliphatic rings. The van der Waals surface area contributed by atoms with E-state index in [0.29, 0.717) is 5.69 Å². The second-order valence-electron chi connectivity index (χ2n) is 3.82. The molecule has 0 bridgehead atoms. The summed E-state index contributed by atoms with van der Waals surface area (Å²) >= 11 is 0. The van der Waals surface area contributed by atoms with E-state index in [0.717, 1.165) is 0 Å². The number of nitro groups is 1. The summed E-state index contributed by atoms with van der Waals surface area (Å²) in [5.74, 6) is -0.258. The maximum Gasteiger partial charge on any atom is 0.271 e. The van der Waals surface area contributed by atoms with Crippen molar-refractivity contribution in [3.63, 3.8) is 0 Å². The number of aromatic nitrogens is 1. The first kappa shape index (κ1) is 13.5. The molecule has 2 aromatic rings. The van der Waals surface area contributed by atoms with Gasteiger partial charge in [-0.25, -0.2) is 4.98 Å². The van der Waals surface area contributed by atoms with E-state index < -0.39 is 10.8 Å². The van der Waals surface area contributed by atoms with Crippen LogP contribution in [0.3, 0.4) is 0 Å². The number of nitrogens with one attached hydrogen (secondary N) is 1. The Kier molecular flexibility index (Phi) is 3.90. The zero-order chi connectivity index (χ0) is 14.5. The molecule has 0 saturated carbocycles. The number of pyridine rings is 1. The lowest BCUT2D eigenvalue weighted by atomic mass is 10.2. The lowest BCUT2D eigenvalue weighted by Gasteiger charge is -2.07. The highest BCUT2D eigenvalue weighted by Crippen LogP contribution is 2.20. The van der Waals surface area contributed by atoms with Crippen LogP contribution in [0.25, 0.3) is 0 Å². The van der Waals surface area contributed by atoms with Gasteiger partial charge in [0.05, 0.1) is 12.0 Å². The molecule has 0 radical (unpaired) electrons. The Morgan fingerprint density at radius 3 is 2.85 bits per heavy atom. The molecular formula is C13H11N3O4. The van der Waals surface area contributed by atoms with Crippen molar-refractivity contribution in [2.45, 2.75) is 0 Å². The summed E-state index contributed by atoms with van der Waals surface area (Å²) in [6, 6.07) is 8.84. The largest absolute Gasteiger partial charge is 0.480 e. The van der Waals surface area contributed by atoms with Gasteiger partial charge in [-0.3, -0.25) is 14.9 Å². The third kappa shape index (κ3) is 2.89. The molecule has 0 aliphatic carbocycles. The van der Waals surface area contributed by atoms with Gasteiger partial charge in [0.2, 0.25) is 5.88 Å². The molecule has 2 rings (SSSR count). The lowest BCUT2D eigenvalue weighted by Crippen LogP contribution is -2.13. The van der Waals surface area contributed by atoms with Crippen molar-refractivity contribution >= 4 is 17.3 Å². The van der Waals surface area contributed by atoms with Crippen LogP contribution < -0.4 is 10.1 Å². The van der Waals surface area contributed by atoms with Gasteiger partial charge < -0.3 is 10.1 Å². The number of carbonyl (C=O) groups excluding carboxylic acids is 1. The first-order valence-corrected chi connectivity index (χ1v) is 5.66. The summed E-state index contributed by atoms with van der Waals surface area (Å²) in [4.78, 5) is 26.1. The zero-order valence-corrected chi connectivity index (χ0v) is 10.6. The Balaban J connectivity index is 2.23. The summed E-state index contributed by atoms with van der Waals surface area (Å²) in [7, 11) is 1.41. The zero-order valence-electron chi connectivity index (χ0n) is 10.6. The van der Waals surface area contributed by atoms with Gasteiger partial charge in [0.25, 0.3) is 11.6 Å². The molecule has 0 fully saturated rings. The monoisotopic (exact) mass is 273 g/mol. The van der Waals surface area contributed by atoms with E-state index in [1.165, 1.54) is 31.5 Å². The minimum atomic E-state index is -0.527. The van der Waals surface area contributed by atoms with Gasteiger partial charge in [-0.1, -0.05) is 6.07 Å². The molecule has 0 spiro atoms. The smallest absolute Gasteiger partial charge is 0.271 e. The van der Waals surface area contributed by atoms with Crippen LogP contribution in [0.5, 0.6) is 5.88 Å². The van der Waals surface area contributed by atoms with E-state index in [2.05, 4.69) is 10.3 Å². The molecule has 0 unspecified atom stereocenters. The maximum atomic E-state index is 12.1. The Labute approximate surface area is 114 Å². The molecule has 0 aliphatic heterocycles. The molecular weight excluding hydrogens is 262 g/mol. The second-order valence-corrected chi connectivity index (χ2v) is 3.82. The van der Waals surface area contributed by atoms with Crippen molar-refractivity contribution in [2.24, 2.45) is 0 Å². The second kappa shape index (κ2) is 5.79. The number of rotatable bonds is 4. The first-order chi connectivity index (χ1) is 9.61. The van der Waals surface area contributed by atoms with Gasteiger partial charge >= 0.3 is 0 Å². The van der Waals surface area contributed by atoms with Crippen LogP contribution >= 0.6 is 0 Å². The molecule has 0 saturated heterocycles. The lowest BCUT2D eigenvalue weighted by molar-refractivity contribution is -0.384. The van der Waals surface area contributed by atoms with Crippen molar-refractivity contribution in [1.82, 2.24) is 4.98 Å². The Bertz CT molecular complexity index is 658. The predicted molar refractivity (Wildman–Crippen MR) is 71.8 cm³/mol. The van der Waals surface area contributed by atoms with Gasteiger partial charge in [0.15, 0.2) is 0 Å². The third-order valence-electron chi connectivity index (χ3n) is 2.52. The van der Waals surface area contributed by atoms with Crippen molar-refractivity contribution in [1.29, 1.82) is 0 Å². The summed E-state index contributed by atoms with van der Waals surface area (Å²) < 4.78 is 4.99. The molecule has 7 nitrogen and oxygen atoms in total. The van der Waals surface area contributed by atoms with Crippen LogP contribution in [0.4, 0.5) is 11.4 Å². The maximum absolute atomic E-state index is 12.1. The standard InChI is InChI=1S/C13H11N3O4/c1-20-13-11(6-3-7-14-13)12(17)15-9-4-2-5-10(8-9)16(18)19/h2-8H,1H3,(H,15,17). The van der Waals surface area contributed by atoms with E-state index in [-0.39, 0.29) is 17.1 Å². The van der Waals surface area contributed by atoms with E-state index in [4.69, 9.17) is 4.74 Å². The predicted octanol–water partition coefficient (Wildman–Crippen LogP) is 2.25. The third-order valence-corrected chi connectivity index (χ3v) is 2.52. The summed E-state index contributed by atoms with van der Waals surface area (Å²) in [6.07, 6.45) is 1.50. The number of benzene rings is 1. The van der Waals surface area contributed by atoms with Crippen molar-refractivity contribution < 1.29 is 14.5 Å². The van der Waals surface area contributed by atoms with Gasteiger partial charge in [0.1, 0.15) is 5.56 Å². The average molecular weight is 273 g/mol. The first-order valence-electron chi connectivity index (χ1n) is 5.66. The van der Waals surface area contributed by atoms with Crippen LogP contribution in [-0.4, -0.2) is 22.9 Å². The minimum absolute atomic E-state index is 0.0963. The number of nitrogens with zero attached hydrogens (tertiary/aromatic N) is 2. The van der Waals surface area contributed by atoms with Crippen LogP contribution in [-0.2, 0) is 0 Å². The van der Waals surface area contributed by atoms with Gasteiger partial charge in [0, 0.05) is 24.0 Å². The number of ether oxygens (including phenoxy) is 1. The quantitative estimate of drug-likeness (QED) is 0.681. The molecule has 20 heavy (non-hydrogen) atoms. The number of hydrogen-bond acceptors (Lipinski definition) is 5. The molecule has 7 heteroatoms. The Hall–Kier alpha value is -2.96. The van der Waals surface area contributed by atoms with Crippen LogP contribution in [0.15, 0.2) is 42.6 Å². The summed E-state index contributed by atoms with van der Waals surface area (Å²) in [5, 5.41) is 13.2. The minimum Gasteiger partial charge on any atom is -0.480 e. The van der Waals surface area contributed by atoms with Gasteiger partial charge in [-0.15, -0.1) is 0 Å². The van der Waals surface area contributed by atoms with E-state index >= 15 is 0 Å². The molecule has 1 amide bonds. The van der Waals surface area contributed by atoms with E-state index in [1.807, 2.05) is 0 Å². The number of methoxy groups -OCH3 is 1. The number of nitro benzene ring substituents is 1. The van der Waals surface area contributed by atoms with Crippen molar-refractivity contribution in [2.75, 3.05) is 12.4 Å². The number of amides is 1. The van der Waals surface area contributed by atoms with E-state index in [9.17, 15) is 14.9 Å². The fourth-order valence-electron chi connectivity index (χ4n) is 1.62. The van der Waals surface area contributed by atoms with Crippen molar-refractivity contribution in [3.8, 4) is 5.88 Å². The highest BCUT2D eigenvalue weighted by molar-refractivity contribution is 6.05. The normalized spacial score (nSPS) is 9.85. The Morgan fingerprint density at radius 1 is 1.35 bits per heavy atom. The van der Waals surface area contributed by atoms with Crippen LogP contribution in [0, 0.1) is 10.1 Å². The summed E-state index contributed by atoms with van der Waals surface area (Å²) in [6.45, 7) is 0. The Morgan fingerprint density at radius 2 is 2.15 bits per heavy atom. The molecule has 1 N–H and O–H groups in total. The number of hydrogen-bond donors (Lipinski definition) is 1. The molecule has 0 atom stereocenters. The fraction of sp³-hybridized carbons (Fsp3) is 0.0769. The van der Waals surface area contributed by atoms with Gasteiger partial charge in [-0.2, -0.15) is 0 Å². The molecule has 1 aromatic carbocycles. The number of non-ortho nitro benzene ring substituents is 1. The topological polar surface area (TPSA) is 94.4 Å². The number of anilines is 1. The SMILES string of the molecule is COc1ncccc1C(=O)Nc1cccc([N+](=O)[O-])c1. The fourth-order valence-corrected chi connectivity index (χ4v) is 1.62. The summed E-state index contributed by atoms with van der Waals surface area (Å²) in [5.41, 5.74) is 0.484.